The van der Waals surface area contributed by atoms with E-state index in [-0.39, 0.29) is 0 Å². The van der Waals surface area contributed by atoms with Crippen molar-refractivity contribution < 1.29 is 0 Å². The molecule has 0 atom stereocenters. The number of rotatable bonds is 3. The van der Waals surface area contributed by atoms with E-state index in [0.717, 1.165) is 30.3 Å². The SMILES string of the molecule is CCCn1c(C)nc(C(C)C)c1N. The monoisotopic (exact) mass is 181 g/mol. The molecule has 0 aliphatic heterocycles. The van der Waals surface area contributed by atoms with E-state index in [2.05, 4.69) is 30.3 Å². The molecule has 0 amide bonds. The lowest BCUT2D eigenvalue weighted by Gasteiger charge is -2.06. The lowest BCUT2D eigenvalue weighted by Crippen LogP contribution is -2.05. The van der Waals surface area contributed by atoms with Crippen molar-refractivity contribution in [3.05, 3.63) is 11.5 Å². The normalized spacial score (nSPS) is 11.2. The highest BCUT2D eigenvalue weighted by molar-refractivity contribution is 5.39. The molecule has 0 saturated carbocycles. The number of hydrogen-bond acceptors (Lipinski definition) is 2. The highest BCUT2D eigenvalue weighted by atomic mass is 15.1. The smallest absolute Gasteiger partial charge is 0.127 e. The minimum atomic E-state index is 0.414. The fourth-order valence-electron chi connectivity index (χ4n) is 1.54. The third-order valence-electron chi connectivity index (χ3n) is 2.22. The molecule has 0 saturated heterocycles. The van der Waals surface area contributed by atoms with Crippen molar-refractivity contribution in [3.63, 3.8) is 0 Å². The zero-order valence-corrected chi connectivity index (χ0v) is 8.96. The Hall–Kier alpha value is -0.990. The van der Waals surface area contributed by atoms with Gasteiger partial charge in [-0.25, -0.2) is 4.98 Å². The summed E-state index contributed by atoms with van der Waals surface area (Å²) >= 11 is 0. The molecule has 13 heavy (non-hydrogen) atoms. The second kappa shape index (κ2) is 3.81. The Bertz CT molecular complexity index is 287. The molecule has 1 aromatic rings. The van der Waals surface area contributed by atoms with Gasteiger partial charge < -0.3 is 10.3 Å². The Morgan fingerprint density at radius 2 is 2.08 bits per heavy atom. The van der Waals surface area contributed by atoms with Crippen LogP contribution in [0.5, 0.6) is 0 Å². The van der Waals surface area contributed by atoms with Crippen LogP contribution in [0, 0.1) is 6.92 Å². The summed E-state index contributed by atoms with van der Waals surface area (Å²) in [6, 6.07) is 0. The topological polar surface area (TPSA) is 43.8 Å². The van der Waals surface area contributed by atoms with Gasteiger partial charge in [-0.2, -0.15) is 0 Å². The number of anilines is 1. The Morgan fingerprint density at radius 1 is 1.46 bits per heavy atom. The Morgan fingerprint density at radius 3 is 2.46 bits per heavy atom. The second-order valence-corrected chi connectivity index (χ2v) is 3.74. The van der Waals surface area contributed by atoms with E-state index in [1.165, 1.54) is 0 Å². The molecular weight excluding hydrogens is 162 g/mol. The summed E-state index contributed by atoms with van der Waals surface area (Å²) in [5.74, 6) is 2.29. The summed E-state index contributed by atoms with van der Waals surface area (Å²) in [6.07, 6.45) is 1.10. The molecular formula is C10H19N3. The van der Waals surface area contributed by atoms with E-state index in [9.17, 15) is 0 Å². The minimum Gasteiger partial charge on any atom is -0.384 e. The molecule has 0 radical (unpaired) electrons. The van der Waals surface area contributed by atoms with Crippen LogP contribution in [0.2, 0.25) is 0 Å². The van der Waals surface area contributed by atoms with Crippen LogP contribution < -0.4 is 5.73 Å². The van der Waals surface area contributed by atoms with Crippen LogP contribution in [0.3, 0.4) is 0 Å². The second-order valence-electron chi connectivity index (χ2n) is 3.74. The van der Waals surface area contributed by atoms with Crippen LogP contribution in [0.4, 0.5) is 5.82 Å². The zero-order valence-electron chi connectivity index (χ0n) is 8.96. The van der Waals surface area contributed by atoms with Gasteiger partial charge in [0.25, 0.3) is 0 Å². The van der Waals surface area contributed by atoms with Crippen molar-refractivity contribution in [1.29, 1.82) is 0 Å². The molecule has 1 heterocycles. The molecule has 0 aliphatic carbocycles. The van der Waals surface area contributed by atoms with E-state index < -0.39 is 0 Å². The lowest BCUT2D eigenvalue weighted by molar-refractivity contribution is 0.665. The first-order chi connectivity index (χ1) is 6.07. The summed E-state index contributed by atoms with van der Waals surface area (Å²) in [6.45, 7) is 9.37. The first-order valence-electron chi connectivity index (χ1n) is 4.90. The van der Waals surface area contributed by atoms with Crippen molar-refractivity contribution in [2.24, 2.45) is 0 Å². The van der Waals surface area contributed by atoms with Gasteiger partial charge in [0.05, 0.1) is 5.69 Å². The minimum absolute atomic E-state index is 0.414. The molecule has 0 spiro atoms. The van der Waals surface area contributed by atoms with E-state index in [0.29, 0.717) is 5.92 Å². The van der Waals surface area contributed by atoms with Gasteiger partial charge in [0, 0.05) is 6.54 Å². The van der Waals surface area contributed by atoms with Gasteiger partial charge in [0.2, 0.25) is 0 Å². The van der Waals surface area contributed by atoms with Crippen LogP contribution >= 0.6 is 0 Å². The van der Waals surface area contributed by atoms with Crippen LogP contribution in [-0.4, -0.2) is 9.55 Å². The van der Waals surface area contributed by atoms with Gasteiger partial charge in [0.1, 0.15) is 11.6 Å². The maximum absolute atomic E-state index is 5.99. The number of nitrogens with two attached hydrogens (primary N) is 1. The van der Waals surface area contributed by atoms with Crippen molar-refractivity contribution >= 4 is 5.82 Å². The third-order valence-corrected chi connectivity index (χ3v) is 2.22. The quantitative estimate of drug-likeness (QED) is 0.777. The van der Waals surface area contributed by atoms with Crippen molar-refractivity contribution in [2.75, 3.05) is 5.73 Å². The Labute approximate surface area is 80.0 Å². The van der Waals surface area contributed by atoms with E-state index in [1.54, 1.807) is 0 Å². The van der Waals surface area contributed by atoms with Crippen LogP contribution in [0.25, 0.3) is 0 Å². The van der Waals surface area contributed by atoms with Gasteiger partial charge in [-0.15, -0.1) is 0 Å². The lowest BCUT2D eigenvalue weighted by atomic mass is 10.1. The molecule has 2 N–H and O–H groups in total. The summed E-state index contributed by atoms with van der Waals surface area (Å²) in [5, 5.41) is 0. The number of aromatic nitrogens is 2. The highest BCUT2D eigenvalue weighted by Crippen LogP contribution is 2.22. The molecule has 1 rings (SSSR count). The van der Waals surface area contributed by atoms with Crippen LogP contribution in [-0.2, 0) is 6.54 Å². The van der Waals surface area contributed by atoms with Gasteiger partial charge in [-0.3, -0.25) is 0 Å². The number of nitrogens with zero attached hydrogens (tertiary/aromatic N) is 2. The van der Waals surface area contributed by atoms with E-state index in [1.807, 2.05) is 6.92 Å². The molecule has 3 nitrogen and oxygen atoms in total. The van der Waals surface area contributed by atoms with Crippen molar-refractivity contribution in [3.8, 4) is 0 Å². The largest absolute Gasteiger partial charge is 0.384 e. The summed E-state index contributed by atoms with van der Waals surface area (Å²) in [4.78, 5) is 4.47. The number of aryl methyl sites for hydroxylation is 1. The molecule has 0 bridgehead atoms. The fraction of sp³-hybridized carbons (Fsp3) is 0.700. The molecule has 0 aliphatic rings. The maximum atomic E-state index is 5.99. The van der Waals surface area contributed by atoms with Crippen LogP contribution in [0.15, 0.2) is 0 Å². The number of imidazole rings is 1. The van der Waals surface area contributed by atoms with Gasteiger partial charge in [-0.1, -0.05) is 20.8 Å². The van der Waals surface area contributed by atoms with Gasteiger partial charge >= 0.3 is 0 Å². The Kier molecular flexibility index (Phi) is 2.96. The predicted octanol–water partition coefficient (Wildman–Crippen LogP) is 2.31. The standard InChI is InChI=1S/C10H19N3/c1-5-6-13-8(4)12-9(7(2)3)10(13)11/h7H,5-6,11H2,1-4H3. The third kappa shape index (κ3) is 1.85. The number of hydrogen-bond donors (Lipinski definition) is 1. The average molecular weight is 181 g/mol. The summed E-state index contributed by atoms with van der Waals surface area (Å²) < 4.78 is 2.09. The molecule has 1 aromatic heterocycles. The number of nitrogen functional groups attached to an aromatic ring is 1. The molecule has 0 fully saturated rings. The predicted molar refractivity (Wildman–Crippen MR) is 55.8 cm³/mol. The highest BCUT2D eigenvalue weighted by Gasteiger charge is 2.13. The van der Waals surface area contributed by atoms with Gasteiger partial charge in [-0.05, 0) is 19.3 Å². The summed E-state index contributed by atoms with van der Waals surface area (Å²) in [5.41, 5.74) is 7.02. The van der Waals surface area contributed by atoms with Crippen LogP contribution in [0.1, 0.15) is 44.6 Å². The zero-order chi connectivity index (χ0) is 10.0. The first kappa shape index (κ1) is 10.1. The van der Waals surface area contributed by atoms with Gasteiger partial charge in [0.15, 0.2) is 0 Å². The van der Waals surface area contributed by atoms with E-state index >= 15 is 0 Å². The maximum Gasteiger partial charge on any atom is 0.127 e. The molecule has 74 valence electrons. The average Bonchev–Trinajstić information content (AvgIpc) is 2.32. The first-order valence-corrected chi connectivity index (χ1v) is 4.90. The molecule has 0 unspecified atom stereocenters. The summed E-state index contributed by atoms with van der Waals surface area (Å²) in [7, 11) is 0. The van der Waals surface area contributed by atoms with E-state index in [4.69, 9.17) is 5.73 Å². The molecule has 0 aromatic carbocycles. The van der Waals surface area contributed by atoms with Crippen molar-refractivity contribution in [2.45, 2.75) is 46.6 Å². The fourth-order valence-corrected chi connectivity index (χ4v) is 1.54. The molecule has 3 heteroatoms. The van der Waals surface area contributed by atoms with Crippen molar-refractivity contribution in [1.82, 2.24) is 9.55 Å². The Balaban J connectivity index is 3.07.